The Bertz CT molecular complexity index is 1070. The average Bonchev–Trinajstić information content (AvgIpc) is 2.96. The van der Waals surface area contributed by atoms with Crippen molar-refractivity contribution < 1.29 is 32.3 Å². The van der Waals surface area contributed by atoms with E-state index in [4.69, 9.17) is 4.74 Å². The van der Waals surface area contributed by atoms with Crippen LogP contribution in [0.4, 0.5) is 23.7 Å². The van der Waals surface area contributed by atoms with Crippen LogP contribution >= 0.6 is 27.7 Å². The Morgan fingerprint density at radius 3 is 2.48 bits per heavy atom. The van der Waals surface area contributed by atoms with E-state index in [0.717, 1.165) is 27.6 Å². The first kappa shape index (κ1) is 22.9. The Hall–Kier alpha value is -2.79. The third kappa shape index (κ3) is 5.47. The summed E-state index contributed by atoms with van der Waals surface area (Å²) in [6.45, 7) is -0.651. The fourth-order valence-corrected chi connectivity index (χ4v) is 3.76. The standard InChI is InChI=1S/C20H14BrF3N2O4S/c1-30-15-7-4-12(20(22,23)24)9-14(15)25-17(27)10-26-18(28)16(31-19(26)29)8-11-2-5-13(21)6-3-11/h2-9H,10H2,1H3,(H,25,27)/b16-8-. The van der Waals surface area contributed by atoms with Crippen LogP contribution in [0.5, 0.6) is 5.75 Å². The first-order chi connectivity index (χ1) is 14.6. The minimum absolute atomic E-state index is 0.00521. The maximum Gasteiger partial charge on any atom is 0.416 e. The van der Waals surface area contributed by atoms with Gasteiger partial charge in [0.2, 0.25) is 5.91 Å². The zero-order valence-corrected chi connectivity index (χ0v) is 18.2. The molecular formula is C20H14BrF3N2O4S. The average molecular weight is 515 g/mol. The Balaban J connectivity index is 1.74. The minimum Gasteiger partial charge on any atom is -0.495 e. The highest BCUT2D eigenvalue weighted by atomic mass is 79.9. The maximum atomic E-state index is 13.0. The van der Waals surface area contributed by atoms with Gasteiger partial charge in [-0.05, 0) is 53.7 Å². The number of amides is 3. The molecule has 0 atom stereocenters. The van der Waals surface area contributed by atoms with Gasteiger partial charge in [0.15, 0.2) is 0 Å². The number of nitrogens with zero attached hydrogens (tertiary/aromatic N) is 1. The van der Waals surface area contributed by atoms with Crippen LogP contribution in [-0.4, -0.2) is 35.6 Å². The molecule has 6 nitrogen and oxygen atoms in total. The van der Waals surface area contributed by atoms with Gasteiger partial charge >= 0.3 is 6.18 Å². The van der Waals surface area contributed by atoms with Crippen molar-refractivity contribution in [1.82, 2.24) is 4.90 Å². The number of rotatable bonds is 5. The van der Waals surface area contributed by atoms with Crippen LogP contribution in [0.25, 0.3) is 6.08 Å². The quantitative estimate of drug-likeness (QED) is 0.558. The molecule has 11 heteroatoms. The molecule has 3 amide bonds. The molecule has 0 aromatic heterocycles. The van der Waals surface area contributed by atoms with E-state index in [2.05, 4.69) is 21.2 Å². The van der Waals surface area contributed by atoms with E-state index in [9.17, 15) is 27.6 Å². The van der Waals surface area contributed by atoms with Crippen LogP contribution in [0.1, 0.15) is 11.1 Å². The smallest absolute Gasteiger partial charge is 0.416 e. The SMILES string of the molecule is COc1ccc(C(F)(F)F)cc1NC(=O)CN1C(=O)S/C(=C\c2ccc(Br)cc2)C1=O. The molecule has 1 heterocycles. The molecule has 0 unspecified atom stereocenters. The molecule has 0 radical (unpaired) electrons. The summed E-state index contributed by atoms with van der Waals surface area (Å²) in [6.07, 6.45) is -3.10. The van der Waals surface area contributed by atoms with E-state index in [1.165, 1.54) is 13.2 Å². The summed E-state index contributed by atoms with van der Waals surface area (Å²) in [5.74, 6) is -1.50. The number of ether oxygens (including phenoxy) is 1. The molecular weight excluding hydrogens is 501 g/mol. The van der Waals surface area contributed by atoms with Crippen molar-refractivity contribution in [2.24, 2.45) is 0 Å². The number of methoxy groups -OCH3 is 1. The Labute approximate surface area is 187 Å². The van der Waals surface area contributed by atoms with Gasteiger partial charge in [0, 0.05) is 4.47 Å². The normalized spacial score (nSPS) is 15.5. The second-order valence-corrected chi connectivity index (χ2v) is 8.19. The van der Waals surface area contributed by atoms with Crippen molar-refractivity contribution in [2.75, 3.05) is 19.0 Å². The third-order valence-corrected chi connectivity index (χ3v) is 5.58. The van der Waals surface area contributed by atoms with Crippen LogP contribution in [0, 0.1) is 0 Å². The van der Waals surface area contributed by atoms with Crippen molar-refractivity contribution >= 4 is 56.5 Å². The molecule has 1 saturated heterocycles. The molecule has 1 N–H and O–H groups in total. The zero-order chi connectivity index (χ0) is 22.8. The number of anilines is 1. The second kappa shape index (κ2) is 9.15. The predicted molar refractivity (Wildman–Crippen MR) is 113 cm³/mol. The fourth-order valence-electron chi connectivity index (χ4n) is 2.66. The highest BCUT2D eigenvalue weighted by molar-refractivity contribution is 9.10. The summed E-state index contributed by atoms with van der Waals surface area (Å²) in [4.78, 5) is 38.0. The molecule has 0 bridgehead atoms. The summed E-state index contributed by atoms with van der Waals surface area (Å²) >= 11 is 3.97. The zero-order valence-electron chi connectivity index (χ0n) is 15.8. The minimum atomic E-state index is -4.62. The molecule has 1 aliphatic rings. The molecule has 162 valence electrons. The van der Waals surface area contributed by atoms with E-state index in [-0.39, 0.29) is 16.3 Å². The number of benzene rings is 2. The van der Waals surface area contributed by atoms with Crippen molar-refractivity contribution in [3.8, 4) is 5.75 Å². The van der Waals surface area contributed by atoms with Crippen LogP contribution in [0.15, 0.2) is 51.8 Å². The molecule has 31 heavy (non-hydrogen) atoms. The molecule has 1 fully saturated rings. The molecule has 2 aromatic carbocycles. The molecule has 1 aliphatic heterocycles. The molecule has 2 aromatic rings. The number of halogens is 4. The number of carbonyl (C=O) groups excluding carboxylic acids is 3. The van der Waals surface area contributed by atoms with Crippen LogP contribution in [-0.2, 0) is 15.8 Å². The van der Waals surface area contributed by atoms with E-state index < -0.39 is 35.3 Å². The van der Waals surface area contributed by atoms with Gasteiger partial charge in [-0.1, -0.05) is 28.1 Å². The summed E-state index contributed by atoms with van der Waals surface area (Å²) < 4.78 is 44.7. The van der Waals surface area contributed by atoms with Gasteiger partial charge in [-0.15, -0.1) is 0 Å². The summed E-state index contributed by atoms with van der Waals surface area (Å²) in [5.41, 5.74) is -0.515. The lowest BCUT2D eigenvalue weighted by molar-refractivity contribution is -0.137. The highest BCUT2D eigenvalue weighted by Crippen LogP contribution is 2.35. The number of hydrogen-bond donors (Lipinski definition) is 1. The van der Waals surface area contributed by atoms with Gasteiger partial charge in [-0.2, -0.15) is 13.2 Å². The number of alkyl halides is 3. The van der Waals surface area contributed by atoms with E-state index in [0.29, 0.717) is 17.3 Å². The van der Waals surface area contributed by atoms with Crippen molar-refractivity contribution in [3.63, 3.8) is 0 Å². The first-order valence-electron chi connectivity index (χ1n) is 8.64. The Morgan fingerprint density at radius 2 is 1.87 bits per heavy atom. The fraction of sp³-hybridized carbons (Fsp3) is 0.150. The molecule has 0 saturated carbocycles. The second-order valence-electron chi connectivity index (χ2n) is 6.28. The van der Waals surface area contributed by atoms with Crippen molar-refractivity contribution in [1.29, 1.82) is 0 Å². The Kier molecular flexibility index (Phi) is 6.75. The number of imide groups is 1. The van der Waals surface area contributed by atoms with E-state index >= 15 is 0 Å². The van der Waals surface area contributed by atoms with Gasteiger partial charge in [0.25, 0.3) is 11.1 Å². The summed E-state index contributed by atoms with van der Waals surface area (Å²) in [5, 5.41) is 1.62. The monoisotopic (exact) mass is 514 g/mol. The molecule has 0 aliphatic carbocycles. The van der Waals surface area contributed by atoms with E-state index in [1.54, 1.807) is 24.3 Å². The highest BCUT2D eigenvalue weighted by Gasteiger charge is 2.36. The third-order valence-electron chi connectivity index (χ3n) is 4.14. The van der Waals surface area contributed by atoms with Gasteiger partial charge in [-0.3, -0.25) is 19.3 Å². The van der Waals surface area contributed by atoms with Gasteiger partial charge < -0.3 is 10.1 Å². The summed E-state index contributed by atoms with van der Waals surface area (Å²) in [6, 6.07) is 9.63. The number of nitrogens with one attached hydrogen (secondary N) is 1. The first-order valence-corrected chi connectivity index (χ1v) is 10.3. The lowest BCUT2D eigenvalue weighted by Gasteiger charge is -2.16. The number of hydrogen-bond acceptors (Lipinski definition) is 5. The lowest BCUT2D eigenvalue weighted by Crippen LogP contribution is -2.36. The molecule has 0 spiro atoms. The largest absolute Gasteiger partial charge is 0.495 e. The van der Waals surface area contributed by atoms with Crippen molar-refractivity contribution in [2.45, 2.75) is 6.18 Å². The van der Waals surface area contributed by atoms with Gasteiger partial charge in [-0.25, -0.2) is 0 Å². The van der Waals surface area contributed by atoms with Crippen LogP contribution in [0.2, 0.25) is 0 Å². The number of carbonyl (C=O) groups is 3. The maximum absolute atomic E-state index is 13.0. The van der Waals surface area contributed by atoms with Gasteiger partial charge in [0.05, 0.1) is 23.3 Å². The predicted octanol–water partition coefficient (Wildman–Crippen LogP) is 5.15. The van der Waals surface area contributed by atoms with Gasteiger partial charge in [0.1, 0.15) is 12.3 Å². The molecule has 3 rings (SSSR count). The summed E-state index contributed by atoms with van der Waals surface area (Å²) in [7, 11) is 1.24. The Morgan fingerprint density at radius 1 is 1.19 bits per heavy atom. The van der Waals surface area contributed by atoms with Crippen LogP contribution < -0.4 is 10.1 Å². The topological polar surface area (TPSA) is 75.7 Å². The van der Waals surface area contributed by atoms with Crippen LogP contribution in [0.3, 0.4) is 0 Å². The van der Waals surface area contributed by atoms with Crippen molar-refractivity contribution in [3.05, 3.63) is 63.0 Å². The lowest BCUT2D eigenvalue weighted by atomic mass is 10.1. The van der Waals surface area contributed by atoms with E-state index in [1.807, 2.05) is 0 Å². The number of thioether (sulfide) groups is 1.